The molecule has 76 valence electrons. The molecule has 3 nitrogen and oxygen atoms in total. The Kier molecular flexibility index (Phi) is 4.60. The highest BCUT2D eigenvalue weighted by molar-refractivity contribution is 5.34. The van der Waals surface area contributed by atoms with Crippen molar-refractivity contribution in [1.29, 1.82) is 0 Å². The summed E-state index contributed by atoms with van der Waals surface area (Å²) in [6, 6.07) is 17.4. The molecule has 0 aliphatic carbocycles. The van der Waals surface area contributed by atoms with Gasteiger partial charge in [-0.1, -0.05) is 36.4 Å². The topological polar surface area (TPSA) is 49.7 Å². The molecular weight excluding hydrogens is 190 g/mol. The third-order valence-electron chi connectivity index (χ3n) is 1.62. The van der Waals surface area contributed by atoms with Gasteiger partial charge in [0, 0.05) is 0 Å². The normalized spacial score (nSPS) is 8.53. The summed E-state index contributed by atoms with van der Waals surface area (Å²) in [6.07, 6.45) is 0. The molecule has 2 aromatic carbocycles. The van der Waals surface area contributed by atoms with Crippen molar-refractivity contribution in [2.75, 3.05) is 0 Å². The average molecular weight is 201 g/mol. The lowest BCUT2D eigenvalue weighted by Gasteiger charge is -1.82. The van der Waals surface area contributed by atoms with E-state index in [0.29, 0.717) is 11.4 Å². The molecule has 0 saturated heterocycles. The molecule has 0 amide bonds. The van der Waals surface area contributed by atoms with E-state index in [0.717, 1.165) is 0 Å². The zero-order valence-corrected chi connectivity index (χ0v) is 8.08. The molecule has 0 aromatic heterocycles. The molecule has 0 atom stereocenters. The van der Waals surface area contributed by atoms with Gasteiger partial charge in [-0.25, -0.2) is 0 Å². The molecule has 0 saturated carbocycles. The van der Waals surface area contributed by atoms with Gasteiger partial charge in [0.25, 0.3) is 0 Å². The zero-order chi connectivity index (χ0) is 10.9. The Balaban J connectivity index is 0.000000151. The predicted molar refractivity (Wildman–Crippen MR) is 60.0 cm³/mol. The van der Waals surface area contributed by atoms with Crippen LogP contribution in [0.4, 0.5) is 5.69 Å². The van der Waals surface area contributed by atoms with Crippen LogP contribution in [0.5, 0.6) is 5.75 Å². The largest absolute Gasteiger partial charge is 0.508 e. The van der Waals surface area contributed by atoms with Crippen LogP contribution in [-0.2, 0) is 0 Å². The summed E-state index contributed by atoms with van der Waals surface area (Å²) in [5.41, 5.74) is 0.479. The van der Waals surface area contributed by atoms with E-state index in [4.69, 9.17) is 5.11 Å². The van der Waals surface area contributed by atoms with Gasteiger partial charge in [-0.05, 0) is 29.4 Å². The van der Waals surface area contributed by atoms with Crippen molar-refractivity contribution in [3.63, 3.8) is 0 Å². The van der Waals surface area contributed by atoms with Gasteiger partial charge in [0.1, 0.15) is 11.4 Å². The quantitative estimate of drug-likeness (QED) is 0.718. The van der Waals surface area contributed by atoms with Crippen LogP contribution in [0.15, 0.2) is 65.8 Å². The van der Waals surface area contributed by atoms with Crippen molar-refractivity contribution in [3.8, 4) is 5.75 Å². The van der Waals surface area contributed by atoms with Crippen molar-refractivity contribution in [2.24, 2.45) is 5.18 Å². The number of phenols is 1. The molecule has 0 spiro atoms. The lowest BCUT2D eigenvalue weighted by Crippen LogP contribution is -1.56. The number of para-hydroxylation sites is 1. The first kappa shape index (κ1) is 10.9. The lowest BCUT2D eigenvalue weighted by molar-refractivity contribution is 0.475. The van der Waals surface area contributed by atoms with Crippen LogP contribution in [0, 0.1) is 4.91 Å². The molecule has 0 aliphatic heterocycles. The van der Waals surface area contributed by atoms with E-state index in [1.165, 1.54) is 0 Å². The van der Waals surface area contributed by atoms with Gasteiger partial charge < -0.3 is 5.11 Å². The van der Waals surface area contributed by atoms with E-state index < -0.39 is 0 Å². The molecule has 0 radical (unpaired) electrons. The molecule has 0 fully saturated rings. The third kappa shape index (κ3) is 4.57. The summed E-state index contributed by atoms with van der Waals surface area (Å²) < 4.78 is 0. The number of aromatic hydroxyl groups is 1. The Bertz CT molecular complexity index is 387. The molecule has 0 heterocycles. The lowest BCUT2D eigenvalue weighted by atomic mass is 10.3. The summed E-state index contributed by atoms with van der Waals surface area (Å²) in [7, 11) is 0. The Morgan fingerprint density at radius 1 is 0.800 bits per heavy atom. The molecule has 1 N–H and O–H groups in total. The second kappa shape index (κ2) is 6.32. The number of nitrogens with zero attached hydrogens (tertiary/aromatic N) is 1. The van der Waals surface area contributed by atoms with Gasteiger partial charge in [0.05, 0.1) is 0 Å². The minimum atomic E-state index is 0.322. The van der Waals surface area contributed by atoms with Gasteiger partial charge >= 0.3 is 0 Å². The smallest absolute Gasteiger partial charge is 0.115 e. The van der Waals surface area contributed by atoms with E-state index in [2.05, 4.69) is 5.18 Å². The first-order valence-corrected chi connectivity index (χ1v) is 4.45. The van der Waals surface area contributed by atoms with Gasteiger partial charge in [0.15, 0.2) is 0 Å². The highest BCUT2D eigenvalue weighted by atomic mass is 16.3. The highest BCUT2D eigenvalue weighted by Crippen LogP contribution is 2.07. The van der Waals surface area contributed by atoms with Crippen molar-refractivity contribution in [3.05, 3.63) is 65.6 Å². The minimum Gasteiger partial charge on any atom is -0.508 e. The van der Waals surface area contributed by atoms with Crippen LogP contribution < -0.4 is 0 Å². The fourth-order valence-corrected chi connectivity index (χ4v) is 0.917. The molecule has 0 aliphatic rings. The van der Waals surface area contributed by atoms with Crippen LogP contribution in [-0.4, -0.2) is 5.11 Å². The predicted octanol–water partition coefficient (Wildman–Crippen LogP) is 3.48. The second-order valence-electron chi connectivity index (χ2n) is 2.76. The Hall–Kier alpha value is -2.16. The van der Waals surface area contributed by atoms with Crippen LogP contribution in [0.25, 0.3) is 0 Å². The van der Waals surface area contributed by atoms with Crippen LogP contribution in [0.2, 0.25) is 0 Å². The SMILES string of the molecule is O=Nc1ccccc1.Oc1ccccc1. The second-order valence-corrected chi connectivity index (χ2v) is 2.76. The summed E-state index contributed by atoms with van der Waals surface area (Å²) >= 11 is 0. The number of rotatable bonds is 1. The third-order valence-corrected chi connectivity index (χ3v) is 1.62. The summed E-state index contributed by atoms with van der Waals surface area (Å²) in [5.74, 6) is 0.322. The molecule has 0 unspecified atom stereocenters. The van der Waals surface area contributed by atoms with E-state index in [1.54, 1.807) is 48.5 Å². The maximum absolute atomic E-state index is 9.76. The maximum Gasteiger partial charge on any atom is 0.115 e. The van der Waals surface area contributed by atoms with Crippen LogP contribution in [0.3, 0.4) is 0 Å². The van der Waals surface area contributed by atoms with E-state index in [-0.39, 0.29) is 0 Å². The summed E-state index contributed by atoms with van der Waals surface area (Å²) in [5, 5.41) is 11.4. The first-order chi connectivity index (χ1) is 7.33. The average Bonchev–Trinajstić information content (AvgIpc) is 2.32. The van der Waals surface area contributed by atoms with Crippen molar-refractivity contribution >= 4 is 5.69 Å². The highest BCUT2D eigenvalue weighted by Gasteiger charge is 1.81. The van der Waals surface area contributed by atoms with Crippen LogP contribution >= 0.6 is 0 Å². The monoisotopic (exact) mass is 201 g/mol. The first-order valence-electron chi connectivity index (χ1n) is 4.45. The summed E-state index contributed by atoms with van der Waals surface area (Å²) in [4.78, 5) is 9.76. The van der Waals surface area contributed by atoms with E-state index in [1.807, 2.05) is 12.1 Å². The minimum absolute atomic E-state index is 0.322. The van der Waals surface area contributed by atoms with Gasteiger partial charge in [-0.3, -0.25) is 0 Å². The Morgan fingerprint density at radius 3 is 1.53 bits per heavy atom. The number of hydrogen-bond acceptors (Lipinski definition) is 3. The van der Waals surface area contributed by atoms with Crippen LogP contribution in [0.1, 0.15) is 0 Å². The maximum atomic E-state index is 9.76. The number of benzene rings is 2. The molecule has 2 aromatic rings. The van der Waals surface area contributed by atoms with Gasteiger partial charge in [-0.2, -0.15) is 0 Å². The number of nitroso groups, excluding NO2 is 1. The van der Waals surface area contributed by atoms with Gasteiger partial charge in [0.2, 0.25) is 0 Å². The van der Waals surface area contributed by atoms with Gasteiger partial charge in [-0.15, -0.1) is 4.91 Å². The number of phenolic OH excluding ortho intramolecular Hbond substituents is 1. The fourth-order valence-electron chi connectivity index (χ4n) is 0.917. The summed E-state index contributed by atoms with van der Waals surface area (Å²) in [6.45, 7) is 0. The Labute approximate surface area is 88.0 Å². The molecular formula is C12H11NO2. The molecule has 2 rings (SSSR count). The van der Waals surface area contributed by atoms with Crippen molar-refractivity contribution in [2.45, 2.75) is 0 Å². The van der Waals surface area contributed by atoms with Crippen molar-refractivity contribution in [1.82, 2.24) is 0 Å². The Morgan fingerprint density at radius 2 is 1.27 bits per heavy atom. The molecule has 0 bridgehead atoms. The zero-order valence-electron chi connectivity index (χ0n) is 8.08. The van der Waals surface area contributed by atoms with Crippen molar-refractivity contribution < 1.29 is 5.11 Å². The molecule has 3 heteroatoms. The van der Waals surface area contributed by atoms with E-state index in [9.17, 15) is 4.91 Å². The molecule has 15 heavy (non-hydrogen) atoms. The van der Waals surface area contributed by atoms with E-state index >= 15 is 0 Å². The number of hydrogen-bond donors (Lipinski definition) is 1. The fraction of sp³-hybridized carbons (Fsp3) is 0. The standard InChI is InChI=1S/C6H5NO.C6H6O/c8-7-6-4-2-1-3-5-6;7-6-4-2-1-3-5-6/h1-5H;1-5,7H.